The molecular weight excluding hydrogens is 183 g/mol. The molecule has 0 rings (SSSR count). The molecule has 1 atom stereocenters. The van der Waals surface area contributed by atoms with Crippen LogP contribution in [0, 0.1) is 5.92 Å². The molecule has 6 heteroatoms. The SMILES string of the molecule is CCC(C=O)C(F)(F)C(F)(F)F. The van der Waals surface area contributed by atoms with Crippen molar-refractivity contribution >= 4 is 6.29 Å². The Kier molecular flexibility index (Phi) is 3.17. The van der Waals surface area contributed by atoms with Gasteiger partial charge in [0.15, 0.2) is 0 Å². The fourth-order valence-electron chi connectivity index (χ4n) is 0.648. The van der Waals surface area contributed by atoms with Crippen LogP contribution >= 0.6 is 0 Å². The lowest BCUT2D eigenvalue weighted by atomic mass is 10.00. The van der Waals surface area contributed by atoms with Crippen molar-refractivity contribution in [2.45, 2.75) is 25.4 Å². The average molecular weight is 190 g/mol. The molecule has 0 aliphatic carbocycles. The van der Waals surface area contributed by atoms with Gasteiger partial charge in [-0.25, -0.2) is 0 Å². The van der Waals surface area contributed by atoms with Crippen LogP contribution in [-0.2, 0) is 4.79 Å². The van der Waals surface area contributed by atoms with Crippen LogP contribution in [0.4, 0.5) is 22.0 Å². The predicted molar refractivity (Wildman–Crippen MR) is 30.8 cm³/mol. The third-order valence-electron chi connectivity index (χ3n) is 1.45. The maximum atomic E-state index is 12.2. The van der Waals surface area contributed by atoms with Crippen molar-refractivity contribution in [3.05, 3.63) is 0 Å². The van der Waals surface area contributed by atoms with E-state index in [1.54, 1.807) is 0 Å². The van der Waals surface area contributed by atoms with Crippen molar-refractivity contribution in [2.24, 2.45) is 5.92 Å². The first-order valence-electron chi connectivity index (χ1n) is 3.17. The van der Waals surface area contributed by atoms with Crippen LogP contribution in [0.15, 0.2) is 0 Å². The number of rotatable bonds is 3. The predicted octanol–water partition coefficient (Wildman–Crippen LogP) is 2.41. The summed E-state index contributed by atoms with van der Waals surface area (Å²) < 4.78 is 59.1. The van der Waals surface area contributed by atoms with Gasteiger partial charge in [-0.1, -0.05) is 6.92 Å². The van der Waals surface area contributed by atoms with E-state index in [1.165, 1.54) is 0 Å². The molecule has 0 aromatic heterocycles. The first-order chi connectivity index (χ1) is 5.27. The minimum atomic E-state index is -5.64. The molecule has 72 valence electrons. The van der Waals surface area contributed by atoms with Crippen molar-refractivity contribution in [1.29, 1.82) is 0 Å². The molecule has 0 radical (unpaired) electrons. The summed E-state index contributed by atoms with van der Waals surface area (Å²) in [6.45, 7) is 1.10. The Balaban J connectivity index is 4.69. The second-order valence-electron chi connectivity index (χ2n) is 2.27. The van der Waals surface area contributed by atoms with Crippen LogP contribution in [0.2, 0.25) is 0 Å². The number of aldehydes is 1. The Morgan fingerprint density at radius 1 is 1.25 bits per heavy atom. The van der Waals surface area contributed by atoms with Crippen molar-refractivity contribution in [3.8, 4) is 0 Å². The first kappa shape index (κ1) is 11.3. The minimum Gasteiger partial charge on any atom is -0.303 e. The van der Waals surface area contributed by atoms with Crippen LogP contribution in [0.3, 0.4) is 0 Å². The molecule has 0 aliphatic heterocycles. The summed E-state index contributed by atoms with van der Waals surface area (Å²) in [4.78, 5) is 9.85. The zero-order valence-electron chi connectivity index (χ0n) is 6.16. The summed E-state index contributed by atoms with van der Waals surface area (Å²) in [5.74, 6) is -7.19. The van der Waals surface area contributed by atoms with Gasteiger partial charge in [-0.2, -0.15) is 22.0 Å². The molecule has 0 amide bonds. The Bertz CT molecular complexity index is 162. The van der Waals surface area contributed by atoms with Gasteiger partial charge >= 0.3 is 12.1 Å². The van der Waals surface area contributed by atoms with E-state index < -0.39 is 24.4 Å². The lowest BCUT2D eigenvalue weighted by Gasteiger charge is -2.23. The third kappa shape index (κ3) is 1.92. The van der Waals surface area contributed by atoms with Gasteiger partial charge in [0.25, 0.3) is 0 Å². The summed E-state index contributed by atoms with van der Waals surface area (Å²) in [7, 11) is 0. The number of hydrogen-bond donors (Lipinski definition) is 0. The van der Waals surface area contributed by atoms with Crippen LogP contribution in [0.1, 0.15) is 13.3 Å². The summed E-state index contributed by atoms with van der Waals surface area (Å²) in [5, 5.41) is 0. The first-order valence-corrected chi connectivity index (χ1v) is 3.17. The van der Waals surface area contributed by atoms with Crippen molar-refractivity contribution in [2.75, 3.05) is 0 Å². The second-order valence-corrected chi connectivity index (χ2v) is 2.27. The van der Waals surface area contributed by atoms with Crippen LogP contribution in [0.5, 0.6) is 0 Å². The van der Waals surface area contributed by atoms with Crippen molar-refractivity contribution < 1.29 is 26.7 Å². The van der Waals surface area contributed by atoms with Crippen LogP contribution in [-0.4, -0.2) is 18.4 Å². The van der Waals surface area contributed by atoms with E-state index in [2.05, 4.69) is 0 Å². The molecule has 0 heterocycles. The number of carbonyl (C=O) groups excluding carboxylic acids is 1. The molecule has 0 aromatic rings. The highest BCUT2D eigenvalue weighted by Crippen LogP contribution is 2.41. The summed E-state index contributed by atoms with van der Waals surface area (Å²) in [6.07, 6.45) is -6.54. The zero-order chi connectivity index (χ0) is 9.99. The zero-order valence-corrected chi connectivity index (χ0v) is 6.16. The highest BCUT2D eigenvalue weighted by Gasteiger charge is 2.61. The molecule has 0 N–H and O–H groups in total. The molecule has 0 fully saturated rings. The third-order valence-corrected chi connectivity index (χ3v) is 1.45. The lowest BCUT2D eigenvalue weighted by molar-refractivity contribution is -0.297. The maximum Gasteiger partial charge on any atom is 0.454 e. The monoisotopic (exact) mass is 190 g/mol. The van der Waals surface area contributed by atoms with Crippen molar-refractivity contribution in [3.63, 3.8) is 0 Å². The van der Waals surface area contributed by atoms with E-state index in [0.29, 0.717) is 0 Å². The van der Waals surface area contributed by atoms with Gasteiger partial charge in [0.1, 0.15) is 6.29 Å². The summed E-state index contributed by atoms with van der Waals surface area (Å²) >= 11 is 0. The highest BCUT2D eigenvalue weighted by molar-refractivity contribution is 5.55. The smallest absolute Gasteiger partial charge is 0.303 e. The fourth-order valence-corrected chi connectivity index (χ4v) is 0.648. The topological polar surface area (TPSA) is 17.1 Å². The van der Waals surface area contributed by atoms with E-state index >= 15 is 0 Å². The van der Waals surface area contributed by atoms with Gasteiger partial charge in [-0.3, -0.25) is 0 Å². The molecular formula is C6H7F5O. The maximum absolute atomic E-state index is 12.2. The normalized spacial score (nSPS) is 15.8. The largest absolute Gasteiger partial charge is 0.454 e. The average Bonchev–Trinajstić information content (AvgIpc) is 1.87. The molecule has 1 unspecified atom stereocenters. The Morgan fingerprint density at radius 2 is 1.67 bits per heavy atom. The lowest BCUT2D eigenvalue weighted by Crippen LogP contribution is -2.43. The van der Waals surface area contributed by atoms with E-state index in [0.717, 1.165) is 6.92 Å². The van der Waals surface area contributed by atoms with E-state index in [4.69, 9.17) is 0 Å². The van der Waals surface area contributed by atoms with E-state index in [9.17, 15) is 26.7 Å². The van der Waals surface area contributed by atoms with Gasteiger partial charge in [0.2, 0.25) is 0 Å². The summed E-state index contributed by atoms with van der Waals surface area (Å²) in [5.41, 5.74) is 0. The molecule has 0 spiro atoms. The highest BCUT2D eigenvalue weighted by atomic mass is 19.4. The Labute approximate surface area is 65.6 Å². The van der Waals surface area contributed by atoms with Gasteiger partial charge in [-0.15, -0.1) is 0 Å². The van der Waals surface area contributed by atoms with Gasteiger partial charge in [0.05, 0.1) is 5.92 Å². The quantitative estimate of drug-likeness (QED) is 0.493. The van der Waals surface area contributed by atoms with E-state index in [-0.39, 0.29) is 6.29 Å². The molecule has 12 heavy (non-hydrogen) atoms. The molecule has 0 bridgehead atoms. The van der Waals surface area contributed by atoms with Crippen molar-refractivity contribution in [1.82, 2.24) is 0 Å². The summed E-state index contributed by atoms with van der Waals surface area (Å²) in [6, 6.07) is 0. The number of carbonyl (C=O) groups is 1. The standard InChI is InChI=1S/C6H7F5O/c1-2-4(3-12)5(7,8)6(9,10)11/h3-4H,2H2,1H3. The molecule has 0 aliphatic rings. The molecule has 0 saturated heterocycles. The molecule has 0 aromatic carbocycles. The van der Waals surface area contributed by atoms with E-state index in [1.807, 2.05) is 0 Å². The van der Waals surface area contributed by atoms with Gasteiger partial charge in [-0.05, 0) is 6.42 Å². The molecule has 0 saturated carbocycles. The minimum absolute atomic E-state index is 0.368. The second kappa shape index (κ2) is 3.37. The fraction of sp³-hybridized carbons (Fsp3) is 0.833. The Morgan fingerprint density at radius 3 is 1.75 bits per heavy atom. The number of hydrogen-bond acceptors (Lipinski definition) is 1. The number of alkyl halides is 5. The van der Waals surface area contributed by atoms with Gasteiger partial charge < -0.3 is 4.79 Å². The van der Waals surface area contributed by atoms with Crippen LogP contribution in [0.25, 0.3) is 0 Å². The van der Waals surface area contributed by atoms with Gasteiger partial charge in [0, 0.05) is 0 Å². The molecule has 1 nitrogen and oxygen atoms in total. The Hall–Kier alpha value is -0.680. The van der Waals surface area contributed by atoms with Crippen LogP contribution < -0.4 is 0 Å². The number of halogens is 5.